The summed E-state index contributed by atoms with van der Waals surface area (Å²) >= 11 is 0. The van der Waals surface area contributed by atoms with Crippen molar-refractivity contribution in [2.24, 2.45) is 0 Å². The second kappa shape index (κ2) is 6.91. The molecule has 7 heteroatoms. The predicted molar refractivity (Wildman–Crippen MR) is 76.1 cm³/mol. The average Bonchev–Trinajstić information content (AvgIpc) is 2.77. The maximum Gasteiger partial charge on any atom is 0.315 e. The second-order valence-electron chi connectivity index (χ2n) is 6.13. The van der Waals surface area contributed by atoms with Crippen LogP contribution in [0.15, 0.2) is 0 Å². The normalized spacial score (nSPS) is 34.4. The third kappa shape index (κ3) is 3.85. The van der Waals surface area contributed by atoms with Crippen molar-refractivity contribution in [2.45, 2.75) is 43.6 Å². The van der Waals surface area contributed by atoms with Crippen LogP contribution in [0.2, 0.25) is 0 Å². The van der Waals surface area contributed by atoms with Crippen LogP contribution in [-0.4, -0.2) is 79.8 Å². The average molecular weight is 299 g/mol. The first-order chi connectivity index (χ1) is 10.2. The molecule has 2 amide bonds. The SMILES string of the molecule is O=C(NC1CCC1)N[C@H]1CO[C@@H](CN2CCOCC2)[C@@H]1O. The van der Waals surface area contributed by atoms with Crippen LogP contribution in [0.25, 0.3) is 0 Å². The third-order valence-electron chi connectivity index (χ3n) is 4.58. The van der Waals surface area contributed by atoms with Gasteiger partial charge in [0.15, 0.2) is 0 Å². The van der Waals surface area contributed by atoms with E-state index in [2.05, 4.69) is 15.5 Å². The van der Waals surface area contributed by atoms with Gasteiger partial charge in [0.25, 0.3) is 0 Å². The number of urea groups is 1. The molecule has 3 N–H and O–H groups in total. The summed E-state index contributed by atoms with van der Waals surface area (Å²) in [7, 11) is 0. The number of aliphatic hydroxyl groups is 1. The Hall–Kier alpha value is -0.890. The lowest BCUT2D eigenvalue weighted by atomic mass is 9.93. The maximum absolute atomic E-state index is 11.8. The number of aliphatic hydroxyl groups excluding tert-OH is 1. The van der Waals surface area contributed by atoms with E-state index in [0.717, 1.165) is 39.1 Å². The van der Waals surface area contributed by atoms with Crippen LogP contribution in [0.1, 0.15) is 19.3 Å². The van der Waals surface area contributed by atoms with Crippen molar-refractivity contribution in [3.8, 4) is 0 Å². The standard InChI is InChI=1S/C14H25N3O4/c18-13-11(16-14(19)15-10-2-1-3-10)9-21-12(13)8-17-4-6-20-7-5-17/h10-13,18H,1-9H2,(H2,15,16,19)/t11-,12-,13+/m0/s1. The Labute approximate surface area is 125 Å². The van der Waals surface area contributed by atoms with Crippen LogP contribution in [0.3, 0.4) is 0 Å². The van der Waals surface area contributed by atoms with E-state index >= 15 is 0 Å². The molecule has 3 fully saturated rings. The van der Waals surface area contributed by atoms with Gasteiger partial charge in [0, 0.05) is 25.7 Å². The molecule has 3 aliphatic rings. The van der Waals surface area contributed by atoms with Gasteiger partial charge in [0.05, 0.1) is 32.0 Å². The molecule has 0 aromatic heterocycles. The molecule has 3 rings (SSSR count). The number of morpholine rings is 1. The molecule has 21 heavy (non-hydrogen) atoms. The highest BCUT2D eigenvalue weighted by atomic mass is 16.5. The van der Waals surface area contributed by atoms with Gasteiger partial charge in [0.1, 0.15) is 6.10 Å². The summed E-state index contributed by atoms with van der Waals surface area (Å²) in [5, 5.41) is 16.1. The first-order valence-electron chi connectivity index (χ1n) is 7.89. The quantitative estimate of drug-likeness (QED) is 0.639. The summed E-state index contributed by atoms with van der Waals surface area (Å²) < 4.78 is 11.0. The Bertz CT molecular complexity index is 358. The van der Waals surface area contributed by atoms with Crippen LogP contribution in [-0.2, 0) is 9.47 Å². The second-order valence-corrected chi connectivity index (χ2v) is 6.13. The number of ether oxygens (including phenoxy) is 2. The summed E-state index contributed by atoms with van der Waals surface area (Å²) in [4.78, 5) is 14.1. The lowest BCUT2D eigenvalue weighted by Gasteiger charge is -2.30. The number of carbonyl (C=O) groups excluding carboxylic acids is 1. The molecule has 0 bridgehead atoms. The van der Waals surface area contributed by atoms with Crippen molar-refractivity contribution in [1.82, 2.24) is 15.5 Å². The molecule has 1 saturated carbocycles. The van der Waals surface area contributed by atoms with E-state index < -0.39 is 6.10 Å². The number of nitrogens with zero attached hydrogens (tertiary/aromatic N) is 1. The van der Waals surface area contributed by atoms with Gasteiger partial charge in [-0.15, -0.1) is 0 Å². The van der Waals surface area contributed by atoms with Gasteiger partial charge in [-0.1, -0.05) is 0 Å². The summed E-state index contributed by atoms with van der Waals surface area (Å²) in [5.74, 6) is 0. The van der Waals surface area contributed by atoms with E-state index in [1.165, 1.54) is 6.42 Å². The first kappa shape index (κ1) is 15.0. The lowest BCUT2D eigenvalue weighted by Crippen LogP contribution is -2.53. The number of hydrogen-bond donors (Lipinski definition) is 3. The lowest BCUT2D eigenvalue weighted by molar-refractivity contribution is -0.0180. The van der Waals surface area contributed by atoms with Crippen molar-refractivity contribution in [2.75, 3.05) is 39.5 Å². The summed E-state index contributed by atoms with van der Waals surface area (Å²) in [6, 6.07) is -0.218. The zero-order valence-electron chi connectivity index (χ0n) is 12.3. The minimum atomic E-state index is -0.653. The largest absolute Gasteiger partial charge is 0.388 e. The Morgan fingerprint density at radius 1 is 1.24 bits per heavy atom. The van der Waals surface area contributed by atoms with Crippen LogP contribution < -0.4 is 10.6 Å². The molecule has 0 aromatic carbocycles. The molecule has 120 valence electrons. The Morgan fingerprint density at radius 3 is 2.67 bits per heavy atom. The van der Waals surface area contributed by atoms with Crippen LogP contribution >= 0.6 is 0 Å². The van der Waals surface area contributed by atoms with Gasteiger partial charge >= 0.3 is 6.03 Å². The van der Waals surface area contributed by atoms with Gasteiger partial charge < -0.3 is 25.2 Å². The fourth-order valence-corrected chi connectivity index (χ4v) is 2.96. The highest BCUT2D eigenvalue weighted by molar-refractivity contribution is 5.74. The summed E-state index contributed by atoms with van der Waals surface area (Å²) in [6.45, 7) is 4.25. The smallest absolute Gasteiger partial charge is 0.315 e. The zero-order valence-corrected chi connectivity index (χ0v) is 12.3. The molecule has 0 aromatic rings. The van der Waals surface area contributed by atoms with Crippen LogP contribution in [0.5, 0.6) is 0 Å². The van der Waals surface area contributed by atoms with Gasteiger partial charge in [-0.05, 0) is 19.3 Å². The molecule has 0 unspecified atom stereocenters. The Kier molecular flexibility index (Phi) is 4.95. The molecule has 7 nitrogen and oxygen atoms in total. The Morgan fingerprint density at radius 2 is 2.00 bits per heavy atom. The minimum Gasteiger partial charge on any atom is -0.388 e. The van der Waals surface area contributed by atoms with Gasteiger partial charge in [-0.2, -0.15) is 0 Å². The molecule has 0 radical (unpaired) electrons. The number of carbonyl (C=O) groups is 1. The van der Waals surface area contributed by atoms with E-state index in [1.807, 2.05) is 0 Å². The third-order valence-corrected chi connectivity index (χ3v) is 4.58. The fraction of sp³-hybridized carbons (Fsp3) is 0.929. The van der Waals surface area contributed by atoms with Gasteiger partial charge in [-0.3, -0.25) is 4.90 Å². The molecule has 3 atom stereocenters. The van der Waals surface area contributed by atoms with Crippen LogP contribution in [0, 0.1) is 0 Å². The van der Waals surface area contributed by atoms with Crippen molar-refractivity contribution in [3.05, 3.63) is 0 Å². The minimum absolute atomic E-state index is 0.195. The van der Waals surface area contributed by atoms with E-state index in [9.17, 15) is 9.90 Å². The predicted octanol–water partition coefficient (Wildman–Crippen LogP) is -0.701. The topological polar surface area (TPSA) is 83.1 Å². The highest BCUT2D eigenvalue weighted by Gasteiger charge is 2.38. The van der Waals surface area contributed by atoms with E-state index in [-0.39, 0.29) is 18.2 Å². The zero-order chi connectivity index (χ0) is 14.7. The fourth-order valence-electron chi connectivity index (χ4n) is 2.96. The number of amides is 2. The molecular formula is C14H25N3O4. The van der Waals surface area contributed by atoms with Gasteiger partial charge in [0.2, 0.25) is 0 Å². The van der Waals surface area contributed by atoms with Crippen LogP contribution in [0.4, 0.5) is 4.79 Å². The number of rotatable bonds is 4. The molecule has 2 saturated heterocycles. The number of hydrogen-bond acceptors (Lipinski definition) is 5. The van der Waals surface area contributed by atoms with Crippen molar-refractivity contribution in [1.29, 1.82) is 0 Å². The molecule has 2 aliphatic heterocycles. The van der Waals surface area contributed by atoms with Crippen molar-refractivity contribution >= 4 is 6.03 Å². The highest BCUT2D eigenvalue weighted by Crippen LogP contribution is 2.19. The van der Waals surface area contributed by atoms with E-state index in [4.69, 9.17) is 9.47 Å². The molecular weight excluding hydrogens is 274 g/mol. The molecule has 0 spiro atoms. The summed E-state index contributed by atoms with van der Waals surface area (Å²) in [5.41, 5.74) is 0. The summed E-state index contributed by atoms with van der Waals surface area (Å²) in [6.07, 6.45) is 2.40. The maximum atomic E-state index is 11.8. The van der Waals surface area contributed by atoms with E-state index in [1.54, 1.807) is 0 Å². The van der Waals surface area contributed by atoms with Gasteiger partial charge in [-0.25, -0.2) is 4.79 Å². The molecule has 2 heterocycles. The molecule has 1 aliphatic carbocycles. The first-order valence-corrected chi connectivity index (χ1v) is 7.89. The van der Waals surface area contributed by atoms with Crippen molar-refractivity contribution in [3.63, 3.8) is 0 Å². The van der Waals surface area contributed by atoms with Crippen molar-refractivity contribution < 1.29 is 19.4 Å². The van der Waals surface area contributed by atoms with E-state index in [0.29, 0.717) is 19.2 Å². The number of nitrogens with one attached hydrogen (secondary N) is 2. The monoisotopic (exact) mass is 299 g/mol. The Balaban J connectivity index is 1.41.